The van der Waals surface area contributed by atoms with Crippen molar-refractivity contribution in [1.29, 1.82) is 0 Å². The third-order valence-corrected chi connectivity index (χ3v) is 6.24. The Bertz CT molecular complexity index is 1830. The largest absolute Gasteiger partial charge is 0.456 e. The minimum atomic E-state index is 0.143. The molecule has 0 amide bonds. The zero-order valence-electron chi connectivity index (χ0n) is 17.2. The second-order valence-electron chi connectivity index (χ2n) is 7.98. The van der Waals surface area contributed by atoms with Crippen LogP contribution in [0.3, 0.4) is 0 Å². The second kappa shape index (κ2) is 6.92. The molecule has 156 valence electrons. The molecule has 4 nitrogen and oxygen atoms in total. The average Bonchev–Trinajstić information content (AvgIpc) is 3.41. The molecule has 3 heterocycles. The molecular weight excluding hydrogens is 432 g/mol. The maximum absolute atomic E-state index is 6.37. The van der Waals surface area contributed by atoms with Gasteiger partial charge in [0.25, 0.3) is 0 Å². The van der Waals surface area contributed by atoms with Gasteiger partial charge in [0.05, 0.1) is 11.1 Å². The molecule has 0 bridgehead atoms. The minimum absolute atomic E-state index is 0.143. The number of nitrogens with zero attached hydrogens (tertiary/aromatic N) is 2. The fourth-order valence-electron chi connectivity index (χ4n) is 4.63. The summed E-state index contributed by atoms with van der Waals surface area (Å²) in [6, 6.07) is 30.4. The van der Waals surface area contributed by atoms with Gasteiger partial charge in [-0.2, -0.15) is 4.98 Å². The van der Waals surface area contributed by atoms with Crippen molar-refractivity contribution in [2.24, 2.45) is 0 Å². The van der Waals surface area contributed by atoms with E-state index in [1.165, 1.54) is 0 Å². The average molecular weight is 447 g/mol. The lowest BCUT2D eigenvalue weighted by atomic mass is 9.99. The number of benzene rings is 4. The van der Waals surface area contributed by atoms with Gasteiger partial charge in [-0.25, -0.2) is 4.98 Å². The highest BCUT2D eigenvalue weighted by atomic mass is 35.5. The van der Waals surface area contributed by atoms with Crippen LogP contribution in [0.1, 0.15) is 0 Å². The lowest BCUT2D eigenvalue weighted by Gasteiger charge is -2.05. The van der Waals surface area contributed by atoms with E-state index in [1.807, 2.05) is 60.7 Å². The maximum atomic E-state index is 6.37. The normalized spacial score (nSPS) is 11.8. The van der Waals surface area contributed by atoms with Crippen molar-refractivity contribution in [1.82, 2.24) is 9.97 Å². The number of fused-ring (bicyclic) bond motifs is 6. The number of halogens is 1. The molecule has 33 heavy (non-hydrogen) atoms. The molecule has 0 aliphatic heterocycles. The van der Waals surface area contributed by atoms with Gasteiger partial charge in [0.15, 0.2) is 0 Å². The van der Waals surface area contributed by atoms with Crippen LogP contribution in [-0.4, -0.2) is 9.97 Å². The molecule has 0 spiro atoms. The van der Waals surface area contributed by atoms with Gasteiger partial charge in [-0.05, 0) is 47.0 Å². The molecule has 7 aromatic rings. The van der Waals surface area contributed by atoms with Crippen molar-refractivity contribution in [3.05, 3.63) is 96.3 Å². The van der Waals surface area contributed by atoms with Gasteiger partial charge >= 0.3 is 0 Å². The van der Waals surface area contributed by atoms with Crippen LogP contribution in [0, 0.1) is 0 Å². The first-order valence-electron chi connectivity index (χ1n) is 10.6. The Morgan fingerprint density at radius 2 is 1.36 bits per heavy atom. The molecule has 0 atom stereocenters. The van der Waals surface area contributed by atoms with Gasteiger partial charge < -0.3 is 8.83 Å². The molecule has 0 saturated heterocycles. The number of hydrogen-bond donors (Lipinski definition) is 0. The smallest absolute Gasteiger partial charge is 0.232 e. The molecule has 4 aromatic carbocycles. The number of rotatable bonds is 2. The predicted molar refractivity (Wildman–Crippen MR) is 132 cm³/mol. The van der Waals surface area contributed by atoms with E-state index in [0.717, 1.165) is 60.7 Å². The zero-order valence-corrected chi connectivity index (χ0v) is 18.0. The summed E-state index contributed by atoms with van der Waals surface area (Å²) < 4.78 is 12.3. The zero-order chi connectivity index (χ0) is 21.9. The summed E-state index contributed by atoms with van der Waals surface area (Å²) in [5, 5.41) is 3.96. The quantitative estimate of drug-likeness (QED) is 0.251. The molecule has 0 N–H and O–H groups in total. The number of aromatic nitrogens is 2. The van der Waals surface area contributed by atoms with E-state index < -0.39 is 0 Å². The summed E-state index contributed by atoms with van der Waals surface area (Å²) in [5.41, 5.74) is 6.71. The monoisotopic (exact) mass is 446 g/mol. The van der Waals surface area contributed by atoms with Crippen LogP contribution in [0.2, 0.25) is 5.28 Å². The van der Waals surface area contributed by atoms with Crippen LogP contribution in [0.5, 0.6) is 0 Å². The molecular formula is C28H15ClN2O2. The maximum Gasteiger partial charge on any atom is 0.232 e. The molecule has 7 rings (SSSR count). The van der Waals surface area contributed by atoms with E-state index in [0.29, 0.717) is 5.71 Å². The Hall–Kier alpha value is -4.15. The predicted octanol–water partition coefficient (Wildman–Crippen LogP) is 8.26. The lowest BCUT2D eigenvalue weighted by molar-refractivity contribution is 0.653. The summed E-state index contributed by atoms with van der Waals surface area (Å²) in [5.74, 6) is 0. The Morgan fingerprint density at radius 3 is 2.27 bits per heavy atom. The van der Waals surface area contributed by atoms with Gasteiger partial charge in [-0.1, -0.05) is 66.7 Å². The number of para-hydroxylation sites is 1. The highest BCUT2D eigenvalue weighted by molar-refractivity contribution is 6.29. The van der Waals surface area contributed by atoms with Crippen molar-refractivity contribution in [2.75, 3.05) is 0 Å². The third kappa shape index (κ3) is 2.78. The Labute approximate surface area is 193 Å². The summed E-state index contributed by atoms with van der Waals surface area (Å²) in [7, 11) is 0. The highest BCUT2D eigenvalue weighted by Gasteiger charge is 2.20. The van der Waals surface area contributed by atoms with Crippen molar-refractivity contribution >= 4 is 55.6 Å². The van der Waals surface area contributed by atoms with E-state index >= 15 is 0 Å². The van der Waals surface area contributed by atoms with E-state index in [2.05, 4.69) is 40.3 Å². The highest BCUT2D eigenvalue weighted by Crippen LogP contribution is 2.41. The summed E-state index contributed by atoms with van der Waals surface area (Å²) in [6.45, 7) is 0. The van der Waals surface area contributed by atoms with Crippen molar-refractivity contribution < 1.29 is 8.83 Å². The van der Waals surface area contributed by atoms with Crippen molar-refractivity contribution in [2.45, 2.75) is 0 Å². The number of hydrogen-bond acceptors (Lipinski definition) is 4. The first-order chi connectivity index (χ1) is 16.3. The van der Waals surface area contributed by atoms with Crippen LogP contribution < -0.4 is 0 Å². The van der Waals surface area contributed by atoms with Gasteiger partial charge in [0.2, 0.25) is 11.0 Å². The van der Waals surface area contributed by atoms with Crippen LogP contribution in [0.25, 0.3) is 66.4 Å². The molecule has 3 aromatic heterocycles. The van der Waals surface area contributed by atoms with Gasteiger partial charge in [-0.3, -0.25) is 0 Å². The summed E-state index contributed by atoms with van der Waals surface area (Å²) in [4.78, 5) is 9.06. The second-order valence-corrected chi connectivity index (χ2v) is 8.32. The fourth-order valence-corrected chi connectivity index (χ4v) is 4.79. The van der Waals surface area contributed by atoms with E-state index in [-0.39, 0.29) is 5.28 Å². The van der Waals surface area contributed by atoms with Crippen molar-refractivity contribution in [3.63, 3.8) is 0 Å². The molecule has 5 heteroatoms. The molecule has 0 radical (unpaired) electrons. The van der Waals surface area contributed by atoms with Crippen LogP contribution in [0.4, 0.5) is 0 Å². The molecule has 0 aliphatic rings. The van der Waals surface area contributed by atoms with Gasteiger partial charge in [-0.15, -0.1) is 0 Å². The Morgan fingerprint density at radius 1 is 0.576 bits per heavy atom. The lowest BCUT2D eigenvalue weighted by Crippen LogP contribution is -1.90. The molecule has 0 saturated carbocycles. The first kappa shape index (κ1) is 18.4. The first-order valence-corrected chi connectivity index (χ1v) is 11.0. The standard InChI is InChI=1S/C28H15ClN2O2/c29-28-30-26(20-10-6-12-22-24(20)18-9-4-5-11-21(18)32-22)25-19-14-13-17(16-7-2-1-3-8-16)15-23(19)33-27(25)31-28/h1-15H. The van der Waals surface area contributed by atoms with E-state index in [9.17, 15) is 0 Å². The van der Waals surface area contributed by atoms with E-state index in [4.69, 9.17) is 20.4 Å². The van der Waals surface area contributed by atoms with E-state index in [1.54, 1.807) is 0 Å². The topological polar surface area (TPSA) is 52.1 Å². The van der Waals surface area contributed by atoms with Gasteiger partial charge in [0.1, 0.15) is 16.7 Å². The van der Waals surface area contributed by atoms with Crippen LogP contribution >= 0.6 is 11.6 Å². The van der Waals surface area contributed by atoms with Crippen LogP contribution in [0.15, 0.2) is 99.8 Å². The van der Waals surface area contributed by atoms with Crippen molar-refractivity contribution in [3.8, 4) is 22.4 Å². The SMILES string of the molecule is Clc1nc(-c2cccc3oc4ccccc4c23)c2c(n1)oc1cc(-c3ccccc3)ccc12. The minimum Gasteiger partial charge on any atom is -0.456 e. The molecule has 0 unspecified atom stereocenters. The molecule has 0 aliphatic carbocycles. The summed E-state index contributed by atoms with van der Waals surface area (Å²) in [6.07, 6.45) is 0. The third-order valence-electron chi connectivity index (χ3n) is 6.07. The van der Waals surface area contributed by atoms with Gasteiger partial charge in [0, 0.05) is 21.7 Å². The van der Waals surface area contributed by atoms with Crippen LogP contribution in [-0.2, 0) is 0 Å². The molecule has 0 fully saturated rings. The number of furan rings is 2. The Balaban J connectivity index is 1.56. The fraction of sp³-hybridized carbons (Fsp3) is 0. The Kier molecular flexibility index (Phi) is 3.87. The summed E-state index contributed by atoms with van der Waals surface area (Å²) >= 11 is 6.37.